The smallest absolute Gasteiger partial charge is 0.262 e. The summed E-state index contributed by atoms with van der Waals surface area (Å²) in [6.45, 7) is 1.76. The lowest BCUT2D eigenvalue weighted by Crippen LogP contribution is -2.52. The summed E-state index contributed by atoms with van der Waals surface area (Å²) in [5.74, 6) is 0.379. The number of benzene rings is 2. The molecule has 6 nitrogen and oxygen atoms in total. The van der Waals surface area contributed by atoms with E-state index in [-0.39, 0.29) is 17.2 Å². The number of nitrogens with one attached hydrogen (secondary N) is 2. The van der Waals surface area contributed by atoms with E-state index in [0.717, 1.165) is 29.7 Å². The van der Waals surface area contributed by atoms with Gasteiger partial charge < -0.3 is 20.1 Å². The van der Waals surface area contributed by atoms with Gasteiger partial charge in [0.15, 0.2) is 0 Å². The Morgan fingerprint density at radius 3 is 2.41 bits per heavy atom. The molecule has 178 valence electrons. The number of thiophene rings is 1. The molecule has 34 heavy (non-hydrogen) atoms. The Morgan fingerprint density at radius 2 is 1.76 bits per heavy atom. The number of carbonyl (C=O) groups excluding carboxylic acids is 2. The Labute approximate surface area is 204 Å². The van der Waals surface area contributed by atoms with Crippen molar-refractivity contribution in [2.24, 2.45) is 0 Å². The summed E-state index contributed by atoms with van der Waals surface area (Å²) in [5, 5.41) is 7.95. The zero-order chi connectivity index (χ0) is 23.8. The molecule has 2 heterocycles. The summed E-state index contributed by atoms with van der Waals surface area (Å²) in [5.41, 5.74) is 1.92. The van der Waals surface area contributed by atoms with Gasteiger partial charge in [0.05, 0.1) is 12.0 Å². The van der Waals surface area contributed by atoms with Gasteiger partial charge in [0.25, 0.3) is 5.91 Å². The normalized spacial score (nSPS) is 15.8. The Balaban J connectivity index is 1.50. The molecule has 7 heteroatoms. The number of carbonyl (C=O) groups is 2. The van der Waals surface area contributed by atoms with Crippen LogP contribution in [0.4, 0.5) is 0 Å². The van der Waals surface area contributed by atoms with Gasteiger partial charge in [-0.25, -0.2) is 0 Å². The topological polar surface area (TPSA) is 76.7 Å². The molecule has 1 fully saturated rings. The quantitative estimate of drug-likeness (QED) is 0.488. The molecule has 0 bridgehead atoms. The van der Waals surface area contributed by atoms with E-state index in [1.807, 2.05) is 53.9 Å². The average Bonchev–Trinajstić information content (AvgIpc) is 3.43. The number of hydrogen-bond donors (Lipinski definition) is 2. The predicted octanol–water partition coefficient (Wildman–Crippen LogP) is 3.96. The summed E-state index contributed by atoms with van der Waals surface area (Å²) in [4.78, 5) is 26.7. The third-order valence-corrected chi connectivity index (χ3v) is 7.27. The highest BCUT2D eigenvalue weighted by atomic mass is 32.1. The molecule has 0 saturated carbocycles. The van der Waals surface area contributed by atoms with Crippen molar-refractivity contribution in [3.63, 3.8) is 0 Å². The largest absolute Gasteiger partial charge is 0.497 e. The summed E-state index contributed by atoms with van der Waals surface area (Å²) in [6.07, 6.45) is 2.04. The van der Waals surface area contributed by atoms with Crippen molar-refractivity contribution in [3.8, 4) is 5.75 Å². The van der Waals surface area contributed by atoms with Crippen molar-refractivity contribution in [2.45, 2.75) is 30.7 Å². The first-order chi connectivity index (χ1) is 16.6. The zero-order valence-electron chi connectivity index (χ0n) is 19.3. The maximum absolute atomic E-state index is 13.4. The lowest BCUT2D eigenvalue weighted by atomic mass is 9.74. The maximum atomic E-state index is 13.4. The molecule has 2 N–H and O–H groups in total. The molecule has 0 spiro atoms. The van der Waals surface area contributed by atoms with E-state index in [9.17, 15) is 9.59 Å². The van der Waals surface area contributed by atoms with Crippen LogP contribution in [0, 0.1) is 0 Å². The molecule has 2 aromatic carbocycles. The van der Waals surface area contributed by atoms with Crippen molar-refractivity contribution in [1.82, 2.24) is 10.6 Å². The molecular weight excluding hydrogens is 448 g/mol. The van der Waals surface area contributed by atoms with Crippen molar-refractivity contribution in [1.29, 1.82) is 0 Å². The van der Waals surface area contributed by atoms with Crippen LogP contribution in [0.5, 0.6) is 5.75 Å². The van der Waals surface area contributed by atoms with Gasteiger partial charge in [-0.15, -0.1) is 11.3 Å². The molecule has 1 aliphatic rings. The molecule has 1 aromatic heterocycles. The Bertz CT molecular complexity index is 1060. The molecule has 2 amide bonds. The monoisotopic (exact) mass is 478 g/mol. The van der Waals surface area contributed by atoms with Crippen LogP contribution in [0.3, 0.4) is 0 Å². The zero-order valence-corrected chi connectivity index (χ0v) is 20.1. The Hall–Kier alpha value is -3.16. The number of ether oxygens (including phenoxy) is 2. The van der Waals surface area contributed by atoms with E-state index in [1.165, 1.54) is 11.3 Å². The van der Waals surface area contributed by atoms with Gasteiger partial charge in [0.1, 0.15) is 11.8 Å². The first-order valence-corrected chi connectivity index (χ1v) is 12.4. The van der Waals surface area contributed by atoms with E-state index in [1.54, 1.807) is 13.2 Å². The molecule has 0 aliphatic carbocycles. The SMILES string of the molecule is COc1ccc(C2(CNC(=O)C(Cc3ccccc3)NC(=O)c3cccs3)CCOCC2)cc1. The van der Waals surface area contributed by atoms with Crippen LogP contribution >= 0.6 is 11.3 Å². The average molecular weight is 479 g/mol. The first kappa shape index (κ1) is 24.0. The number of rotatable bonds is 9. The van der Waals surface area contributed by atoms with Crippen LogP contribution in [0.2, 0.25) is 0 Å². The van der Waals surface area contributed by atoms with Crippen LogP contribution in [0.1, 0.15) is 33.6 Å². The Morgan fingerprint density at radius 1 is 1.03 bits per heavy atom. The summed E-state index contributed by atoms with van der Waals surface area (Å²) < 4.78 is 10.9. The van der Waals surface area contributed by atoms with Gasteiger partial charge in [0, 0.05) is 31.6 Å². The summed E-state index contributed by atoms with van der Waals surface area (Å²) >= 11 is 1.36. The van der Waals surface area contributed by atoms with Crippen LogP contribution in [0.15, 0.2) is 72.1 Å². The van der Waals surface area contributed by atoms with Crippen molar-refractivity contribution in [2.75, 3.05) is 26.9 Å². The third kappa shape index (κ3) is 5.85. The highest BCUT2D eigenvalue weighted by Gasteiger charge is 2.36. The number of amides is 2. The van der Waals surface area contributed by atoms with Crippen LogP contribution in [-0.2, 0) is 21.4 Å². The molecule has 1 atom stereocenters. The fourth-order valence-electron chi connectivity index (χ4n) is 4.35. The lowest BCUT2D eigenvalue weighted by molar-refractivity contribution is -0.123. The second-order valence-corrected chi connectivity index (χ2v) is 9.48. The summed E-state index contributed by atoms with van der Waals surface area (Å²) in [6, 6.07) is 20.7. The molecule has 4 rings (SSSR count). The van der Waals surface area contributed by atoms with Crippen LogP contribution in [0.25, 0.3) is 0 Å². The summed E-state index contributed by atoms with van der Waals surface area (Å²) in [7, 11) is 1.65. The fraction of sp³-hybridized carbons (Fsp3) is 0.333. The molecule has 0 radical (unpaired) electrons. The van der Waals surface area contributed by atoms with Crippen LogP contribution in [-0.4, -0.2) is 44.7 Å². The van der Waals surface area contributed by atoms with Gasteiger partial charge in [-0.1, -0.05) is 48.5 Å². The second-order valence-electron chi connectivity index (χ2n) is 8.53. The Kier molecular flexibility index (Phi) is 7.98. The highest BCUT2D eigenvalue weighted by Crippen LogP contribution is 2.35. The minimum atomic E-state index is -0.676. The predicted molar refractivity (Wildman–Crippen MR) is 133 cm³/mol. The first-order valence-electron chi connectivity index (χ1n) is 11.5. The maximum Gasteiger partial charge on any atom is 0.262 e. The molecular formula is C27H30N2O4S. The highest BCUT2D eigenvalue weighted by molar-refractivity contribution is 7.12. The van der Waals surface area contributed by atoms with E-state index in [0.29, 0.717) is 31.1 Å². The lowest BCUT2D eigenvalue weighted by Gasteiger charge is -2.38. The van der Waals surface area contributed by atoms with Gasteiger partial charge in [-0.05, 0) is 47.5 Å². The van der Waals surface area contributed by atoms with E-state index >= 15 is 0 Å². The van der Waals surface area contributed by atoms with E-state index in [2.05, 4.69) is 22.8 Å². The molecule has 3 aromatic rings. The molecule has 1 unspecified atom stereocenters. The standard InChI is InChI=1S/C27H30N2O4S/c1-32-22-11-9-21(10-12-22)27(13-15-33-16-14-27)19-28-25(30)23(18-20-6-3-2-4-7-20)29-26(31)24-8-5-17-34-24/h2-12,17,23H,13-16,18-19H2,1H3,(H,28,30)(H,29,31). The van der Waals surface area contributed by atoms with Gasteiger partial charge in [-0.2, -0.15) is 0 Å². The van der Waals surface area contributed by atoms with Crippen LogP contribution < -0.4 is 15.4 Å². The molecule has 1 aliphatic heterocycles. The van der Waals surface area contributed by atoms with Gasteiger partial charge in [-0.3, -0.25) is 9.59 Å². The minimum Gasteiger partial charge on any atom is -0.497 e. The van der Waals surface area contributed by atoms with Gasteiger partial charge >= 0.3 is 0 Å². The van der Waals surface area contributed by atoms with E-state index in [4.69, 9.17) is 9.47 Å². The van der Waals surface area contributed by atoms with Crippen molar-refractivity contribution in [3.05, 3.63) is 88.1 Å². The number of methoxy groups -OCH3 is 1. The van der Waals surface area contributed by atoms with Crippen molar-refractivity contribution < 1.29 is 19.1 Å². The minimum absolute atomic E-state index is 0.187. The van der Waals surface area contributed by atoms with Gasteiger partial charge in [0.2, 0.25) is 5.91 Å². The second kappa shape index (κ2) is 11.3. The third-order valence-electron chi connectivity index (χ3n) is 6.40. The van der Waals surface area contributed by atoms with E-state index < -0.39 is 6.04 Å². The molecule has 1 saturated heterocycles. The fourth-order valence-corrected chi connectivity index (χ4v) is 4.98. The van der Waals surface area contributed by atoms with Crippen molar-refractivity contribution >= 4 is 23.2 Å². The number of hydrogen-bond acceptors (Lipinski definition) is 5.